The molecule has 1 atom stereocenters. The number of hydrogen-bond acceptors (Lipinski definition) is 5. The van der Waals surface area contributed by atoms with Crippen LogP contribution < -0.4 is 10.6 Å². The van der Waals surface area contributed by atoms with Gasteiger partial charge in [-0.25, -0.2) is 9.78 Å². The van der Waals surface area contributed by atoms with Crippen LogP contribution in [0.1, 0.15) is 32.3 Å². The minimum atomic E-state index is 0.00976. The van der Waals surface area contributed by atoms with E-state index in [0.717, 1.165) is 49.5 Å². The summed E-state index contributed by atoms with van der Waals surface area (Å²) in [6.07, 6.45) is 3.85. The lowest BCUT2D eigenvalue weighted by Crippen LogP contribution is -2.48. The number of nitrogens with zero attached hydrogens (tertiary/aromatic N) is 4. The van der Waals surface area contributed by atoms with Crippen LogP contribution in [0.25, 0.3) is 16.9 Å². The molecule has 0 radical (unpaired) electrons. The highest BCUT2D eigenvalue weighted by molar-refractivity contribution is 5.74. The first-order valence-corrected chi connectivity index (χ1v) is 10.9. The maximum Gasteiger partial charge on any atom is 0.317 e. The highest BCUT2D eigenvalue weighted by Crippen LogP contribution is 2.30. The molecule has 31 heavy (non-hydrogen) atoms. The number of hydrogen-bond donors (Lipinski definition) is 3. The zero-order valence-electron chi connectivity index (χ0n) is 18.3. The maximum absolute atomic E-state index is 12.4. The number of phenolic OH excluding ortho intramolecular Hbond substituents is 1. The summed E-state index contributed by atoms with van der Waals surface area (Å²) in [5.41, 5.74) is 3.10. The predicted molar refractivity (Wildman–Crippen MR) is 121 cm³/mol. The van der Waals surface area contributed by atoms with E-state index in [2.05, 4.69) is 15.7 Å². The van der Waals surface area contributed by atoms with Crippen molar-refractivity contribution < 1.29 is 9.90 Å². The Morgan fingerprint density at radius 1 is 1.32 bits per heavy atom. The van der Waals surface area contributed by atoms with E-state index in [9.17, 15) is 9.90 Å². The lowest BCUT2D eigenvalue weighted by molar-refractivity contribution is 0.166. The highest BCUT2D eigenvalue weighted by atomic mass is 16.3. The minimum Gasteiger partial charge on any atom is -0.507 e. The molecule has 3 N–H and O–H groups in total. The predicted octanol–water partition coefficient (Wildman–Crippen LogP) is 3.65. The van der Waals surface area contributed by atoms with Gasteiger partial charge < -0.3 is 20.6 Å². The molecule has 0 spiro atoms. The van der Waals surface area contributed by atoms with Gasteiger partial charge in [0, 0.05) is 42.9 Å². The average molecular weight is 423 g/mol. The van der Waals surface area contributed by atoms with Gasteiger partial charge in [0.05, 0.1) is 11.9 Å². The van der Waals surface area contributed by atoms with E-state index in [1.165, 1.54) is 0 Å². The fourth-order valence-corrected chi connectivity index (χ4v) is 4.03. The summed E-state index contributed by atoms with van der Waals surface area (Å²) < 4.78 is 1.80. The fraction of sp³-hybridized carbons (Fsp3) is 0.435. The van der Waals surface area contributed by atoms with Crippen LogP contribution in [0.15, 0.2) is 36.5 Å². The molecule has 3 heterocycles. The van der Waals surface area contributed by atoms with E-state index < -0.39 is 0 Å². The van der Waals surface area contributed by atoms with Gasteiger partial charge >= 0.3 is 6.03 Å². The number of aromatic nitrogens is 3. The monoisotopic (exact) mass is 422 g/mol. The lowest BCUT2D eigenvalue weighted by atomic mass is 9.98. The Bertz CT molecular complexity index is 1080. The number of anilines is 1. The van der Waals surface area contributed by atoms with Gasteiger partial charge in [-0.2, -0.15) is 9.61 Å². The van der Waals surface area contributed by atoms with Crippen LogP contribution in [0.3, 0.4) is 0 Å². The number of aromatic hydroxyl groups is 1. The van der Waals surface area contributed by atoms with Gasteiger partial charge in [0.2, 0.25) is 0 Å². The van der Waals surface area contributed by atoms with Crippen molar-refractivity contribution in [1.82, 2.24) is 24.8 Å². The number of amides is 2. The number of nitrogens with one attached hydrogen (secondary N) is 2. The van der Waals surface area contributed by atoms with Crippen molar-refractivity contribution in [1.29, 1.82) is 0 Å². The van der Waals surface area contributed by atoms with E-state index in [1.807, 2.05) is 43.9 Å². The van der Waals surface area contributed by atoms with E-state index in [-0.39, 0.29) is 17.8 Å². The molecule has 1 aliphatic heterocycles. The fourth-order valence-electron chi connectivity index (χ4n) is 4.03. The van der Waals surface area contributed by atoms with Crippen molar-refractivity contribution in [2.75, 3.05) is 25.0 Å². The molecular weight excluding hydrogens is 392 g/mol. The van der Waals surface area contributed by atoms with Gasteiger partial charge in [-0.1, -0.05) is 12.1 Å². The van der Waals surface area contributed by atoms with E-state index in [1.54, 1.807) is 22.8 Å². The van der Waals surface area contributed by atoms with Gasteiger partial charge in [0.25, 0.3) is 0 Å². The molecule has 1 unspecified atom stereocenters. The number of aryl methyl sites for hydroxylation is 1. The quantitative estimate of drug-likeness (QED) is 0.583. The maximum atomic E-state index is 12.4. The third-order valence-corrected chi connectivity index (χ3v) is 5.62. The van der Waals surface area contributed by atoms with Crippen LogP contribution in [0, 0.1) is 12.8 Å². The van der Waals surface area contributed by atoms with Crippen molar-refractivity contribution in [3.63, 3.8) is 0 Å². The molecule has 3 aromatic rings. The van der Waals surface area contributed by atoms with Crippen molar-refractivity contribution in [3.8, 4) is 17.0 Å². The van der Waals surface area contributed by atoms with Crippen LogP contribution in [0.4, 0.5) is 10.6 Å². The molecule has 0 aliphatic carbocycles. The summed E-state index contributed by atoms with van der Waals surface area (Å²) in [7, 11) is 0. The summed E-state index contributed by atoms with van der Waals surface area (Å²) in [6, 6.07) is 9.26. The third-order valence-electron chi connectivity index (χ3n) is 5.62. The number of carbonyl (C=O) groups is 1. The smallest absolute Gasteiger partial charge is 0.317 e. The van der Waals surface area contributed by atoms with Crippen molar-refractivity contribution in [2.24, 2.45) is 5.92 Å². The molecule has 1 fully saturated rings. The van der Waals surface area contributed by atoms with Crippen LogP contribution in [-0.4, -0.2) is 56.3 Å². The lowest BCUT2D eigenvalue weighted by Gasteiger charge is -2.33. The Morgan fingerprint density at radius 2 is 2.13 bits per heavy atom. The number of rotatable bonds is 5. The number of phenols is 1. The zero-order chi connectivity index (χ0) is 22.0. The Hall–Kier alpha value is -3.29. The Kier molecular flexibility index (Phi) is 5.97. The van der Waals surface area contributed by atoms with Gasteiger partial charge in [-0.05, 0) is 51.7 Å². The second-order valence-electron chi connectivity index (χ2n) is 8.55. The number of urea groups is 1. The first-order chi connectivity index (χ1) is 14.9. The molecule has 0 bridgehead atoms. The number of piperidine rings is 1. The number of benzene rings is 1. The van der Waals surface area contributed by atoms with Crippen LogP contribution in [-0.2, 0) is 0 Å². The largest absolute Gasteiger partial charge is 0.507 e. The van der Waals surface area contributed by atoms with Gasteiger partial charge in [0.15, 0.2) is 5.65 Å². The second kappa shape index (κ2) is 8.83. The molecule has 2 amide bonds. The molecule has 1 aliphatic rings. The number of fused-ring (bicyclic) bond motifs is 1. The second-order valence-corrected chi connectivity index (χ2v) is 8.55. The topological polar surface area (TPSA) is 94.8 Å². The normalized spacial score (nSPS) is 16.6. The number of likely N-dealkylation sites (tertiary alicyclic amines) is 1. The molecular formula is C23H30N6O2. The third kappa shape index (κ3) is 4.57. The standard InChI is InChI=1S/C23H30N6O2/c1-15(2)26-23(31)28-10-6-7-17(14-28)13-24-21-11-19(18-8-4-5-9-20(18)30)27-22-16(3)12-25-29(21)22/h4-5,8-9,11-12,15,17,24,30H,6-7,10,13-14H2,1-3H3,(H,26,31). The molecule has 8 nitrogen and oxygen atoms in total. The van der Waals surface area contributed by atoms with Crippen molar-refractivity contribution >= 4 is 17.5 Å². The molecule has 1 aromatic carbocycles. The molecule has 0 saturated carbocycles. The molecule has 8 heteroatoms. The van der Waals surface area contributed by atoms with E-state index in [0.29, 0.717) is 17.2 Å². The first-order valence-electron chi connectivity index (χ1n) is 10.9. The number of para-hydroxylation sites is 1. The minimum absolute atomic E-state index is 0.00976. The summed E-state index contributed by atoms with van der Waals surface area (Å²) in [6.45, 7) is 8.17. The van der Waals surface area contributed by atoms with E-state index in [4.69, 9.17) is 4.98 Å². The zero-order valence-corrected chi connectivity index (χ0v) is 18.3. The van der Waals surface area contributed by atoms with Gasteiger partial charge in [-0.3, -0.25) is 0 Å². The molecule has 1 saturated heterocycles. The average Bonchev–Trinajstić information content (AvgIpc) is 3.13. The van der Waals surface area contributed by atoms with Gasteiger partial charge in [-0.15, -0.1) is 0 Å². The van der Waals surface area contributed by atoms with Crippen LogP contribution in [0.2, 0.25) is 0 Å². The number of carbonyl (C=O) groups excluding carboxylic acids is 1. The van der Waals surface area contributed by atoms with Crippen molar-refractivity contribution in [2.45, 2.75) is 39.7 Å². The summed E-state index contributed by atoms with van der Waals surface area (Å²) in [5, 5.41) is 21.3. The van der Waals surface area contributed by atoms with Crippen LogP contribution in [0.5, 0.6) is 5.75 Å². The molecule has 4 rings (SSSR count). The first kappa shape index (κ1) is 21.0. The summed E-state index contributed by atoms with van der Waals surface area (Å²) in [5.74, 6) is 1.36. The SMILES string of the molecule is Cc1cnn2c(NCC3CCCN(C(=O)NC(C)C)C3)cc(-c3ccccc3O)nc12. The molecule has 2 aromatic heterocycles. The van der Waals surface area contributed by atoms with Gasteiger partial charge in [0.1, 0.15) is 11.6 Å². The summed E-state index contributed by atoms with van der Waals surface area (Å²) in [4.78, 5) is 19.0. The van der Waals surface area contributed by atoms with E-state index >= 15 is 0 Å². The highest BCUT2D eigenvalue weighted by Gasteiger charge is 2.24. The van der Waals surface area contributed by atoms with Crippen LogP contribution >= 0.6 is 0 Å². The Labute approximate surface area is 182 Å². The Morgan fingerprint density at radius 3 is 2.90 bits per heavy atom. The Balaban J connectivity index is 1.54. The summed E-state index contributed by atoms with van der Waals surface area (Å²) >= 11 is 0. The molecule has 164 valence electrons. The van der Waals surface area contributed by atoms with Crippen molar-refractivity contribution in [3.05, 3.63) is 42.1 Å².